The molecule has 10 heteroatoms. The van der Waals surface area contributed by atoms with Crippen molar-refractivity contribution in [1.29, 1.82) is 0 Å². The van der Waals surface area contributed by atoms with Crippen molar-refractivity contribution in [2.75, 3.05) is 18.8 Å². The maximum Gasteiger partial charge on any atom is 0.387 e. The van der Waals surface area contributed by atoms with Gasteiger partial charge in [-0.1, -0.05) is 32.0 Å². The lowest BCUT2D eigenvalue weighted by atomic mass is 9.89. The number of ether oxygens (including phenoxy) is 1. The fourth-order valence-electron chi connectivity index (χ4n) is 3.45. The van der Waals surface area contributed by atoms with Crippen LogP contribution in [0, 0.1) is 11.8 Å². The largest absolute Gasteiger partial charge is 0.435 e. The molecule has 1 amide bonds. The highest BCUT2D eigenvalue weighted by Gasteiger charge is 2.34. The number of halogens is 2. The van der Waals surface area contributed by atoms with Gasteiger partial charge in [-0.15, -0.1) is 0 Å². The highest BCUT2D eigenvalue weighted by atomic mass is 32.2. The summed E-state index contributed by atoms with van der Waals surface area (Å²) in [5.74, 6) is -2.24. The van der Waals surface area contributed by atoms with Gasteiger partial charge in [-0.25, -0.2) is 18.2 Å². The van der Waals surface area contributed by atoms with E-state index in [9.17, 15) is 22.0 Å². The molecule has 2 rings (SSSR count). The van der Waals surface area contributed by atoms with Crippen molar-refractivity contribution in [3.63, 3.8) is 0 Å². The van der Waals surface area contributed by atoms with Crippen LogP contribution >= 0.6 is 0 Å². The predicted octanol–water partition coefficient (Wildman–Crippen LogP) is 2.57. The molecule has 1 aliphatic rings. The number of hydroxylamine groups is 1. The molecule has 0 spiro atoms. The molecular weight excluding hydrogens is 394 g/mol. The van der Waals surface area contributed by atoms with Gasteiger partial charge >= 0.3 is 6.61 Å². The predicted molar refractivity (Wildman–Crippen MR) is 98.7 cm³/mol. The second kappa shape index (κ2) is 9.62. The van der Waals surface area contributed by atoms with Crippen LogP contribution in [0.25, 0.3) is 0 Å². The van der Waals surface area contributed by atoms with Crippen LogP contribution in [0.15, 0.2) is 24.3 Å². The molecule has 28 heavy (non-hydrogen) atoms. The number of amides is 1. The van der Waals surface area contributed by atoms with Crippen molar-refractivity contribution in [3.8, 4) is 5.75 Å². The van der Waals surface area contributed by atoms with E-state index in [1.807, 2.05) is 0 Å². The number of carbonyl (C=O) groups excluding carboxylic acids is 1. The lowest BCUT2D eigenvalue weighted by Crippen LogP contribution is -2.44. The van der Waals surface area contributed by atoms with Crippen molar-refractivity contribution in [2.45, 2.75) is 39.2 Å². The number of nitrogens with one attached hydrogen (secondary N) is 1. The Morgan fingerprint density at radius 2 is 1.89 bits per heavy atom. The summed E-state index contributed by atoms with van der Waals surface area (Å²) in [6.45, 7) is 0.944. The first-order valence-electron chi connectivity index (χ1n) is 9.11. The third kappa shape index (κ3) is 5.62. The Morgan fingerprint density at radius 1 is 1.29 bits per heavy atom. The van der Waals surface area contributed by atoms with E-state index in [0.29, 0.717) is 18.4 Å². The monoisotopic (exact) mass is 420 g/mol. The summed E-state index contributed by atoms with van der Waals surface area (Å²) in [4.78, 5) is 11.8. The van der Waals surface area contributed by atoms with Crippen molar-refractivity contribution < 1.29 is 31.9 Å². The Morgan fingerprint density at radius 3 is 2.43 bits per heavy atom. The topological polar surface area (TPSA) is 95.9 Å². The lowest BCUT2D eigenvalue weighted by Gasteiger charge is -2.33. The van der Waals surface area contributed by atoms with Gasteiger partial charge in [0, 0.05) is 13.1 Å². The number of nitrogens with zero attached hydrogens (tertiary/aromatic N) is 1. The van der Waals surface area contributed by atoms with Crippen LogP contribution in [0.1, 0.15) is 38.2 Å². The van der Waals surface area contributed by atoms with Crippen LogP contribution in [-0.2, 0) is 14.8 Å². The van der Waals surface area contributed by atoms with E-state index in [-0.39, 0.29) is 30.7 Å². The molecule has 1 heterocycles. The minimum absolute atomic E-state index is 0.0944. The van der Waals surface area contributed by atoms with Gasteiger partial charge in [0.1, 0.15) is 5.75 Å². The molecule has 7 nitrogen and oxygen atoms in total. The quantitative estimate of drug-likeness (QED) is 0.498. The Hall–Kier alpha value is -1.78. The van der Waals surface area contributed by atoms with Gasteiger partial charge in [0.15, 0.2) is 0 Å². The average molecular weight is 420 g/mol. The number of rotatable bonds is 8. The summed E-state index contributed by atoms with van der Waals surface area (Å²) in [7, 11) is -3.71. The van der Waals surface area contributed by atoms with Gasteiger partial charge in [0.25, 0.3) is 0 Å². The maximum absolute atomic E-state index is 12.7. The molecule has 0 radical (unpaired) electrons. The first kappa shape index (κ1) is 22.5. The molecule has 1 aromatic carbocycles. The molecule has 1 fully saturated rings. The molecule has 2 N–H and O–H groups in total. The van der Waals surface area contributed by atoms with Crippen LogP contribution in [-0.4, -0.2) is 49.3 Å². The van der Waals surface area contributed by atoms with Gasteiger partial charge < -0.3 is 4.74 Å². The summed E-state index contributed by atoms with van der Waals surface area (Å²) in [5.41, 5.74) is 2.16. The van der Waals surface area contributed by atoms with E-state index >= 15 is 0 Å². The van der Waals surface area contributed by atoms with Crippen LogP contribution in [0.5, 0.6) is 5.75 Å². The maximum atomic E-state index is 12.7. The van der Waals surface area contributed by atoms with Crippen LogP contribution in [0.4, 0.5) is 8.78 Å². The summed E-state index contributed by atoms with van der Waals surface area (Å²) in [5, 5.41) is 8.84. The van der Waals surface area contributed by atoms with Crippen molar-refractivity contribution in [2.24, 2.45) is 11.8 Å². The van der Waals surface area contributed by atoms with Crippen LogP contribution in [0.3, 0.4) is 0 Å². The van der Waals surface area contributed by atoms with E-state index in [0.717, 1.165) is 0 Å². The molecule has 0 saturated carbocycles. The van der Waals surface area contributed by atoms with Gasteiger partial charge in [-0.2, -0.15) is 8.78 Å². The molecule has 1 aliphatic heterocycles. The van der Waals surface area contributed by atoms with E-state index in [1.165, 1.54) is 15.9 Å². The van der Waals surface area contributed by atoms with Crippen LogP contribution in [0.2, 0.25) is 0 Å². The molecule has 0 aliphatic carbocycles. The second-order valence-corrected chi connectivity index (χ2v) is 9.21. The summed E-state index contributed by atoms with van der Waals surface area (Å²) < 4.78 is 56.5. The molecule has 158 valence electrons. The van der Waals surface area contributed by atoms with Gasteiger partial charge in [-0.05, 0) is 36.3 Å². The summed E-state index contributed by atoms with van der Waals surface area (Å²) in [6, 6.07) is 6.54. The Kier molecular flexibility index (Phi) is 7.73. The van der Waals surface area contributed by atoms with E-state index in [2.05, 4.69) is 4.74 Å². The standard InChI is InChI=1S/C18H26F2N2O5S/c1-12(2)15(17(23)21-24)11-28(25,26)22-9-7-13(8-10-22)14-5-3-4-6-16(14)27-18(19)20/h3-6,12-13,15,18,24H,7-11H2,1-2H3,(H,21,23). The third-order valence-electron chi connectivity index (χ3n) is 5.06. The number of para-hydroxylation sites is 1. The zero-order valence-corrected chi connectivity index (χ0v) is 16.7. The second-order valence-electron chi connectivity index (χ2n) is 7.19. The fraction of sp³-hybridized carbons (Fsp3) is 0.611. The molecular formula is C18H26F2N2O5S. The van der Waals surface area contributed by atoms with Gasteiger partial charge in [0.2, 0.25) is 15.9 Å². The number of hydrogen-bond donors (Lipinski definition) is 2. The zero-order chi connectivity index (χ0) is 20.9. The van der Waals surface area contributed by atoms with Gasteiger partial charge in [0.05, 0.1) is 11.7 Å². The highest BCUT2D eigenvalue weighted by Crippen LogP contribution is 2.35. The first-order chi connectivity index (χ1) is 13.2. The average Bonchev–Trinajstić information content (AvgIpc) is 2.65. The van der Waals surface area contributed by atoms with Crippen LogP contribution < -0.4 is 10.2 Å². The summed E-state index contributed by atoms with van der Waals surface area (Å²) >= 11 is 0. The highest BCUT2D eigenvalue weighted by molar-refractivity contribution is 7.89. The number of sulfonamides is 1. The van der Waals surface area contributed by atoms with E-state index in [4.69, 9.17) is 5.21 Å². The fourth-order valence-corrected chi connectivity index (χ4v) is 5.42. The van der Waals surface area contributed by atoms with E-state index < -0.39 is 34.2 Å². The van der Waals surface area contributed by atoms with Crippen molar-refractivity contribution in [3.05, 3.63) is 29.8 Å². The number of alkyl halides is 2. The van der Waals surface area contributed by atoms with Crippen molar-refractivity contribution in [1.82, 2.24) is 9.79 Å². The Bertz CT molecular complexity index is 765. The molecule has 0 aromatic heterocycles. The molecule has 1 atom stereocenters. The number of hydrogen-bond acceptors (Lipinski definition) is 5. The SMILES string of the molecule is CC(C)C(CS(=O)(=O)N1CCC(c2ccccc2OC(F)F)CC1)C(=O)NO. The normalized spacial score (nSPS) is 17.7. The smallest absolute Gasteiger partial charge is 0.387 e. The molecule has 1 saturated heterocycles. The summed E-state index contributed by atoms with van der Waals surface area (Å²) in [6.07, 6.45) is 0.919. The molecule has 1 aromatic rings. The lowest BCUT2D eigenvalue weighted by molar-refractivity contribution is -0.134. The minimum atomic E-state index is -3.71. The minimum Gasteiger partial charge on any atom is -0.435 e. The van der Waals surface area contributed by atoms with E-state index in [1.54, 1.807) is 32.0 Å². The Balaban J connectivity index is 2.06. The Labute approximate surface area is 163 Å². The van der Waals surface area contributed by atoms with Crippen molar-refractivity contribution >= 4 is 15.9 Å². The molecule has 0 bridgehead atoms. The first-order valence-corrected chi connectivity index (χ1v) is 10.7. The van der Waals surface area contributed by atoms with Gasteiger partial charge in [-0.3, -0.25) is 10.0 Å². The number of benzene rings is 1. The zero-order valence-electron chi connectivity index (χ0n) is 15.8. The molecule has 1 unspecified atom stereocenters. The number of piperidine rings is 1. The third-order valence-corrected chi connectivity index (χ3v) is 7.00. The number of carbonyl (C=O) groups is 1.